The lowest BCUT2D eigenvalue weighted by molar-refractivity contribution is -0.111. The van der Waals surface area contributed by atoms with Crippen LogP contribution in [0.4, 0.5) is 23.0 Å². The lowest BCUT2D eigenvalue weighted by Crippen LogP contribution is -2.44. The van der Waals surface area contributed by atoms with E-state index in [-0.39, 0.29) is 5.91 Å². The zero-order valence-electron chi connectivity index (χ0n) is 20.3. The van der Waals surface area contributed by atoms with Crippen LogP contribution in [-0.4, -0.2) is 58.6 Å². The molecule has 1 aliphatic heterocycles. The molecule has 3 heterocycles. The molecule has 36 heavy (non-hydrogen) atoms. The van der Waals surface area contributed by atoms with Gasteiger partial charge in [-0.2, -0.15) is 0 Å². The molecule has 0 atom stereocenters. The molecule has 1 saturated heterocycles. The number of halogens is 1. The molecule has 9 heteroatoms. The van der Waals surface area contributed by atoms with Crippen molar-refractivity contribution in [1.82, 2.24) is 19.4 Å². The highest BCUT2D eigenvalue weighted by Gasteiger charge is 2.16. The highest BCUT2D eigenvalue weighted by molar-refractivity contribution is 6.33. The molecule has 0 spiro atoms. The van der Waals surface area contributed by atoms with E-state index in [0.29, 0.717) is 22.4 Å². The molecule has 1 fully saturated rings. The number of hydrogen-bond donors (Lipinski definition) is 2. The summed E-state index contributed by atoms with van der Waals surface area (Å²) in [6, 6.07) is 14.0. The molecule has 184 valence electrons. The number of hydrogen-bond acceptors (Lipinski definition) is 6. The number of carbonyl (C=O) groups is 1. The maximum Gasteiger partial charge on any atom is 0.247 e. The molecular formula is C27H28ClN7O. The summed E-state index contributed by atoms with van der Waals surface area (Å²) in [5.41, 5.74) is 5.27. The van der Waals surface area contributed by atoms with Gasteiger partial charge in [0, 0.05) is 67.4 Å². The minimum Gasteiger partial charge on any atom is -0.369 e. The van der Waals surface area contributed by atoms with Crippen molar-refractivity contribution >= 4 is 51.4 Å². The molecular weight excluding hydrogens is 474 g/mol. The Morgan fingerprint density at radius 2 is 1.78 bits per heavy atom. The van der Waals surface area contributed by atoms with Gasteiger partial charge in [-0.05, 0) is 49.5 Å². The molecule has 2 aromatic carbocycles. The maximum atomic E-state index is 11.7. The molecule has 8 nitrogen and oxygen atoms in total. The van der Waals surface area contributed by atoms with Crippen molar-refractivity contribution in [2.75, 3.05) is 48.8 Å². The van der Waals surface area contributed by atoms with E-state index in [1.54, 1.807) is 6.20 Å². The number of aryl methyl sites for hydroxylation is 1. The van der Waals surface area contributed by atoms with Crippen LogP contribution in [0.25, 0.3) is 22.2 Å². The van der Waals surface area contributed by atoms with E-state index in [2.05, 4.69) is 51.2 Å². The first-order chi connectivity index (χ1) is 17.4. The van der Waals surface area contributed by atoms with Gasteiger partial charge in [0.05, 0.1) is 22.4 Å². The van der Waals surface area contributed by atoms with Crippen molar-refractivity contribution in [3.8, 4) is 11.3 Å². The number of aromatic nitrogens is 3. The number of amides is 1. The molecule has 0 bridgehead atoms. The summed E-state index contributed by atoms with van der Waals surface area (Å²) < 4.78 is 1.98. The average Bonchev–Trinajstić information content (AvgIpc) is 3.21. The molecule has 2 aromatic heterocycles. The lowest BCUT2D eigenvalue weighted by atomic mass is 10.1. The van der Waals surface area contributed by atoms with Crippen molar-refractivity contribution in [3.63, 3.8) is 0 Å². The monoisotopic (exact) mass is 501 g/mol. The number of likely N-dealkylation sites (N-methyl/N-ethyl adjacent to an activating group) is 1. The summed E-state index contributed by atoms with van der Waals surface area (Å²) in [6.45, 7) is 7.70. The number of nitrogens with zero attached hydrogens (tertiary/aromatic N) is 5. The number of benzene rings is 2. The summed E-state index contributed by atoms with van der Waals surface area (Å²) in [7, 11) is 4.10. The van der Waals surface area contributed by atoms with Crippen molar-refractivity contribution in [2.45, 2.75) is 0 Å². The Balaban J connectivity index is 1.39. The van der Waals surface area contributed by atoms with Crippen LogP contribution in [0.15, 0.2) is 67.5 Å². The van der Waals surface area contributed by atoms with Gasteiger partial charge in [-0.25, -0.2) is 9.97 Å². The average molecular weight is 502 g/mol. The van der Waals surface area contributed by atoms with E-state index in [1.807, 2.05) is 48.1 Å². The zero-order chi connectivity index (χ0) is 25.2. The van der Waals surface area contributed by atoms with E-state index in [4.69, 9.17) is 16.6 Å². The maximum absolute atomic E-state index is 11.7. The zero-order valence-corrected chi connectivity index (χ0v) is 21.1. The van der Waals surface area contributed by atoms with Gasteiger partial charge in [-0.1, -0.05) is 24.2 Å². The molecule has 0 radical (unpaired) electrons. The van der Waals surface area contributed by atoms with Crippen molar-refractivity contribution in [2.24, 2.45) is 7.05 Å². The number of nitrogens with one attached hydrogen (secondary N) is 2. The molecule has 0 unspecified atom stereocenters. The van der Waals surface area contributed by atoms with E-state index in [0.717, 1.165) is 48.3 Å². The predicted octanol–water partition coefficient (Wildman–Crippen LogP) is 4.91. The standard InChI is InChI=1S/C27H28ClN7O/c1-4-25(36)30-19-7-10-21-22(17-34(3)24(21)15-19)26-23(28)16-29-27(32-26)31-18-5-8-20(9-6-18)35-13-11-33(2)12-14-35/h4-10,15-17H,1,11-14H2,2-3H3,(H,30,36)(H,29,31,32). The molecule has 2 N–H and O–H groups in total. The molecule has 0 saturated carbocycles. The summed E-state index contributed by atoms with van der Waals surface area (Å²) in [5, 5.41) is 7.53. The fourth-order valence-corrected chi connectivity index (χ4v) is 4.60. The summed E-state index contributed by atoms with van der Waals surface area (Å²) in [6.07, 6.45) is 4.84. The Kier molecular flexibility index (Phi) is 6.63. The van der Waals surface area contributed by atoms with E-state index < -0.39 is 0 Å². The highest BCUT2D eigenvalue weighted by atomic mass is 35.5. The summed E-state index contributed by atoms with van der Waals surface area (Å²) >= 11 is 6.54. The van der Waals surface area contributed by atoms with Crippen LogP contribution in [0.5, 0.6) is 0 Å². The third-order valence-corrected chi connectivity index (χ3v) is 6.71. The van der Waals surface area contributed by atoms with Crippen molar-refractivity contribution in [1.29, 1.82) is 0 Å². The number of fused-ring (bicyclic) bond motifs is 1. The Morgan fingerprint density at radius 1 is 1.06 bits per heavy atom. The normalized spacial score (nSPS) is 14.1. The minimum absolute atomic E-state index is 0.255. The third kappa shape index (κ3) is 4.91. The van der Waals surface area contributed by atoms with Crippen LogP contribution in [0.2, 0.25) is 5.02 Å². The molecule has 4 aromatic rings. The van der Waals surface area contributed by atoms with E-state index in [9.17, 15) is 4.79 Å². The Labute approximate surface area is 215 Å². The summed E-state index contributed by atoms with van der Waals surface area (Å²) in [4.78, 5) is 25.6. The van der Waals surface area contributed by atoms with Crippen LogP contribution in [-0.2, 0) is 11.8 Å². The van der Waals surface area contributed by atoms with Crippen LogP contribution in [0, 0.1) is 0 Å². The van der Waals surface area contributed by atoms with Gasteiger partial charge < -0.3 is 25.0 Å². The number of rotatable bonds is 6. The number of carbonyl (C=O) groups excluding carboxylic acids is 1. The first kappa shape index (κ1) is 23.8. The topological polar surface area (TPSA) is 78.3 Å². The third-order valence-electron chi connectivity index (χ3n) is 6.43. The van der Waals surface area contributed by atoms with Gasteiger partial charge in [-0.3, -0.25) is 4.79 Å². The fraction of sp³-hybridized carbons (Fsp3) is 0.222. The second-order valence-electron chi connectivity index (χ2n) is 8.93. The van der Waals surface area contributed by atoms with Gasteiger partial charge in [-0.15, -0.1) is 0 Å². The lowest BCUT2D eigenvalue weighted by Gasteiger charge is -2.34. The fourth-order valence-electron chi connectivity index (χ4n) is 4.41. The van der Waals surface area contributed by atoms with Gasteiger partial charge in [0.15, 0.2) is 0 Å². The molecule has 5 rings (SSSR count). The SMILES string of the molecule is C=CC(=O)Nc1ccc2c(-c3nc(Nc4ccc(N5CCN(C)CC5)cc4)ncc3Cl)cn(C)c2c1. The molecule has 1 aliphatic rings. The van der Waals surface area contributed by atoms with Gasteiger partial charge in [0.2, 0.25) is 11.9 Å². The van der Waals surface area contributed by atoms with Crippen LogP contribution in [0.1, 0.15) is 0 Å². The second-order valence-corrected chi connectivity index (χ2v) is 9.34. The quantitative estimate of drug-likeness (QED) is 0.365. The Bertz CT molecular complexity index is 1420. The smallest absolute Gasteiger partial charge is 0.247 e. The van der Waals surface area contributed by atoms with Crippen LogP contribution in [0.3, 0.4) is 0 Å². The molecule has 0 aliphatic carbocycles. The second kappa shape index (κ2) is 10.0. The predicted molar refractivity (Wildman–Crippen MR) is 147 cm³/mol. The van der Waals surface area contributed by atoms with Gasteiger partial charge in [0.1, 0.15) is 0 Å². The van der Waals surface area contributed by atoms with E-state index in [1.165, 1.54) is 11.8 Å². The highest BCUT2D eigenvalue weighted by Crippen LogP contribution is 2.35. The summed E-state index contributed by atoms with van der Waals surface area (Å²) in [5.74, 6) is 0.212. The molecule has 1 amide bonds. The van der Waals surface area contributed by atoms with Crippen molar-refractivity contribution < 1.29 is 4.79 Å². The van der Waals surface area contributed by atoms with Gasteiger partial charge in [0.25, 0.3) is 0 Å². The largest absolute Gasteiger partial charge is 0.369 e. The Morgan fingerprint density at radius 3 is 2.50 bits per heavy atom. The minimum atomic E-state index is -0.255. The van der Waals surface area contributed by atoms with E-state index >= 15 is 0 Å². The number of piperazine rings is 1. The van der Waals surface area contributed by atoms with Crippen molar-refractivity contribution in [3.05, 3.63) is 72.5 Å². The first-order valence-electron chi connectivity index (χ1n) is 11.8. The van der Waals surface area contributed by atoms with Gasteiger partial charge >= 0.3 is 0 Å². The number of anilines is 4. The Hall–Kier alpha value is -3.88. The van der Waals surface area contributed by atoms with Crippen LogP contribution >= 0.6 is 11.6 Å². The first-order valence-corrected chi connectivity index (χ1v) is 12.1. The van der Waals surface area contributed by atoms with Crippen LogP contribution < -0.4 is 15.5 Å².